The van der Waals surface area contributed by atoms with E-state index in [1.807, 2.05) is 0 Å². The molecule has 2 rings (SSSR count). The number of rotatable bonds is 2. The highest BCUT2D eigenvalue weighted by Gasteiger charge is 2.42. The first-order valence-electron chi connectivity index (χ1n) is 5.01. The van der Waals surface area contributed by atoms with Gasteiger partial charge >= 0.3 is 5.97 Å². The molecule has 0 aromatic carbocycles. The summed E-state index contributed by atoms with van der Waals surface area (Å²) in [5.41, 5.74) is 0.360. The molecule has 2 heteroatoms. The van der Waals surface area contributed by atoms with E-state index < -0.39 is 0 Å². The molecule has 0 N–H and O–H groups in total. The van der Waals surface area contributed by atoms with Crippen molar-refractivity contribution in [2.45, 2.75) is 32.1 Å². The minimum atomic E-state index is -0.218. The van der Waals surface area contributed by atoms with Gasteiger partial charge in [-0.25, -0.2) is 4.79 Å². The van der Waals surface area contributed by atoms with Gasteiger partial charge < -0.3 is 4.74 Å². The Morgan fingerprint density at radius 2 is 2.15 bits per heavy atom. The summed E-state index contributed by atoms with van der Waals surface area (Å²) >= 11 is 0. The zero-order chi connectivity index (χ0) is 9.31. The Labute approximate surface area is 79.0 Å². The fourth-order valence-electron chi connectivity index (χ4n) is 2.78. The Hall–Kier alpha value is -0.790. The molecule has 0 aliphatic heterocycles. The van der Waals surface area contributed by atoms with E-state index in [-0.39, 0.29) is 5.97 Å². The molecule has 2 aliphatic rings. The molecule has 72 valence electrons. The van der Waals surface area contributed by atoms with Gasteiger partial charge in [-0.05, 0) is 43.4 Å². The third kappa shape index (κ3) is 1.62. The van der Waals surface area contributed by atoms with Crippen LogP contribution in [0.25, 0.3) is 0 Å². The smallest absolute Gasteiger partial charge is 0.330 e. The van der Waals surface area contributed by atoms with Crippen molar-refractivity contribution in [3.8, 4) is 0 Å². The fraction of sp³-hybridized carbons (Fsp3) is 0.727. The van der Waals surface area contributed by atoms with Crippen molar-refractivity contribution in [1.82, 2.24) is 0 Å². The number of methoxy groups -OCH3 is 1. The molecule has 0 saturated heterocycles. The minimum Gasteiger partial charge on any atom is -0.466 e. The first-order valence-corrected chi connectivity index (χ1v) is 5.01. The van der Waals surface area contributed by atoms with Crippen LogP contribution in [-0.4, -0.2) is 13.1 Å². The number of ether oxygens (including phenoxy) is 1. The Balaban J connectivity index is 2.00. The van der Waals surface area contributed by atoms with Crippen LogP contribution in [0.5, 0.6) is 0 Å². The van der Waals surface area contributed by atoms with Gasteiger partial charge in [0.15, 0.2) is 0 Å². The largest absolute Gasteiger partial charge is 0.466 e. The Kier molecular flexibility index (Phi) is 2.14. The van der Waals surface area contributed by atoms with E-state index in [2.05, 4.69) is 10.8 Å². The third-order valence-corrected chi connectivity index (χ3v) is 3.57. The van der Waals surface area contributed by atoms with Crippen LogP contribution in [-0.2, 0) is 9.53 Å². The van der Waals surface area contributed by atoms with Crippen molar-refractivity contribution in [3.63, 3.8) is 0 Å². The highest BCUT2D eigenvalue weighted by Crippen LogP contribution is 2.54. The molecule has 0 atom stereocenters. The van der Waals surface area contributed by atoms with Gasteiger partial charge in [-0.2, -0.15) is 0 Å². The Bertz CT molecular complexity index is 234. The topological polar surface area (TPSA) is 26.3 Å². The molecule has 2 bridgehead atoms. The first-order chi connectivity index (χ1) is 6.24. The summed E-state index contributed by atoms with van der Waals surface area (Å²) in [5.74, 6) is 0.715. The van der Waals surface area contributed by atoms with E-state index in [0.29, 0.717) is 5.41 Å². The van der Waals surface area contributed by atoms with Gasteiger partial charge in [0, 0.05) is 6.08 Å². The van der Waals surface area contributed by atoms with Gasteiger partial charge in [0.1, 0.15) is 0 Å². The standard InChI is InChI=1S/C11H16O2/c1-13-10(12)4-7-11-5-2-9(8-11)3-6-11/h4,7,9H,2-3,5-6,8H2,1H3/b7-4+. The number of allylic oxidation sites excluding steroid dienone is 1. The number of hydrogen-bond donors (Lipinski definition) is 0. The zero-order valence-corrected chi connectivity index (χ0v) is 8.08. The third-order valence-electron chi connectivity index (χ3n) is 3.57. The average molecular weight is 180 g/mol. The van der Waals surface area contributed by atoms with Gasteiger partial charge in [-0.3, -0.25) is 0 Å². The molecule has 2 fully saturated rings. The van der Waals surface area contributed by atoms with E-state index in [0.717, 1.165) is 5.92 Å². The molecule has 2 aliphatic carbocycles. The van der Waals surface area contributed by atoms with Crippen molar-refractivity contribution in [2.24, 2.45) is 11.3 Å². The highest BCUT2D eigenvalue weighted by atomic mass is 16.5. The van der Waals surface area contributed by atoms with Crippen molar-refractivity contribution < 1.29 is 9.53 Å². The van der Waals surface area contributed by atoms with E-state index in [1.54, 1.807) is 6.08 Å². The molecule has 0 amide bonds. The summed E-state index contributed by atoms with van der Waals surface area (Å²) in [6, 6.07) is 0. The monoisotopic (exact) mass is 180 g/mol. The fourth-order valence-corrected chi connectivity index (χ4v) is 2.78. The summed E-state index contributed by atoms with van der Waals surface area (Å²) in [7, 11) is 1.43. The van der Waals surface area contributed by atoms with E-state index in [4.69, 9.17) is 0 Å². The second kappa shape index (κ2) is 3.17. The first kappa shape index (κ1) is 8.79. The quantitative estimate of drug-likeness (QED) is 0.481. The number of esters is 1. The molecule has 0 spiro atoms. The Morgan fingerprint density at radius 1 is 1.46 bits per heavy atom. The van der Waals surface area contributed by atoms with Gasteiger partial charge in [0.05, 0.1) is 7.11 Å². The Morgan fingerprint density at radius 3 is 2.62 bits per heavy atom. The molecule has 0 heterocycles. The number of hydrogen-bond acceptors (Lipinski definition) is 2. The molecule has 2 saturated carbocycles. The molecule has 2 nitrogen and oxygen atoms in total. The zero-order valence-electron chi connectivity index (χ0n) is 8.08. The van der Waals surface area contributed by atoms with E-state index in [1.165, 1.54) is 39.2 Å². The van der Waals surface area contributed by atoms with Gasteiger partial charge in [0.2, 0.25) is 0 Å². The van der Waals surface area contributed by atoms with Crippen LogP contribution in [0, 0.1) is 11.3 Å². The SMILES string of the molecule is COC(=O)/C=C/C12CCC(CC1)C2. The predicted molar refractivity (Wildman–Crippen MR) is 50.2 cm³/mol. The second-order valence-corrected chi connectivity index (χ2v) is 4.37. The summed E-state index contributed by atoms with van der Waals surface area (Å²) in [4.78, 5) is 10.9. The molecule has 13 heavy (non-hydrogen) atoms. The van der Waals surface area contributed by atoms with Crippen LogP contribution >= 0.6 is 0 Å². The normalized spacial score (nSPS) is 37.2. The molecular weight excluding hydrogens is 164 g/mol. The van der Waals surface area contributed by atoms with Crippen molar-refractivity contribution >= 4 is 5.97 Å². The maximum absolute atomic E-state index is 10.9. The summed E-state index contributed by atoms with van der Waals surface area (Å²) < 4.78 is 4.59. The molecule has 0 radical (unpaired) electrons. The number of carbonyl (C=O) groups excluding carboxylic acids is 1. The summed E-state index contributed by atoms with van der Waals surface area (Å²) in [6.07, 6.45) is 10.2. The molecule has 0 aromatic heterocycles. The predicted octanol–water partition coefficient (Wildman–Crippen LogP) is 2.30. The van der Waals surface area contributed by atoms with Crippen LogP contribution in [0.15, 0.2) is 12.2 Å². The maximum Gasteiger partial charge on any atom is 0.330 e. The van der Waals surface area contributed by atoms with Crippen molar-refractivity contribution in [1.29, 1.82) is 0 Å². The lowest BCUT2D eigenvalue weighted by Gasteiger charge is -2.21. The van der Waals surface area contributed by atoms with Crippen molar-refractivity contribution in [2.75, 3.05) is 7.11 Å². The number of carbonyl (C=O) groups is 1. The lowest BCUT2D eigenvalue weighted by atomic mass is 9.84. The van der Waals surface area contributed by atoms with Crippen LogP contribution in [0.4, 0.5) is 0 Å². The lowest BCUT2D eigenvalue weighted by molar-refractivity contribution is -0.134. The van der Waals surface area contributed by atoms with Crippen LogP contribution in [0.3, 0.4) is 0 Å². The van der Waals surface area contributed by atoms with Crippen LogP contribution < -0.4 is 0 Å². The van der Waals surface area contributed by atoms with E-state index >= 15 is 0 Å². The van der Waals surface area contributed by atoms with Crippen LogP contribution in [0.2, 0.25) is 0 Å². The van der Waals surface area contributed by atoms with Gasteiger partial charge in [-0.1, -0.05) is 6.08 Å². The van der Waals surface area contributed by atoms with Crippen LogP contribution in [0.1, 0.15) is 32.1 Å². The lowest BCUT2D eigenvalue weighted by Crippen LogP contribution is -2.10. The average Bonchev–Trinajstić information content (AvgIpc) is 2.74. The van der Waals surface area contributed by atoms with Gasteiger partial charge in [0.25, 0.3) is 0 Å². The van der Waals surface area contributed by atoms with Gasteiger partial charge in [-0.15, -0.1) is 0 Å². The number of fused-ring (bicyclic) bond motifs is 2. The second-order valence-electron chi connectivity index (χ2n) is 4.37. The van der Waals surface area contributed by atoms with E-state index in [9.17, 15) is 4.79 Å². The minimum absolute atomic E-state index is 0.218. The van der Waals surface area contributed by atoms with Crippen molar-refractivity contribution in [3.05, 3.63) is 12.2 Å². The highest BCUT2D eigenvalue weighted by molar-refractivity contribution is 5.81. The molecule has 0 unspecified atom stereocenters. The molecule has 0 aromatic rings. The molecular formula is C11H16O2. The summed E-state index contributed by atoms with van der Waals surface area (Å²) in [5, 5.41) is 0. The maximum atomic E-state index is 10.9. The summed E-state index contributed by atoms with van der Waals surface area (Å²) in [6.45, 7) is 0.